The Morgan fingerprint density at radius 1 is 1.50 bits per heavy atom. The molecule has 0 aromatic heterocycles. The molecule has 1 rings (SSSR count). The summed E-state index contributed by atoms with van der Waals surface area (Å²) in [4.78, 5) is 4.41. The van der Waals surface area contributed by atoms with Crippen molar-refractivity contribution in [1.29, 1.82) is 0 Å². The summed E-state index contributed by atoms with van der Waals surface area (Å²) in [6.07, 6.45) is 0. The van der Waals surface area contributed by atoms with Gasteiger partial charge in [-0.3, -0.25) is 0 Å². The van der Waals surface area contributed by atoms with Crippen LogP contribution < -0.4 is 0 Å². The minimum Gasteiger partial charge on any atom is -0.381 e. The molecule has 0 radical (unpaired) electrons. The van der Waals surface area contributed by atoms with E-state index < -0.39 is 0 Å². The van der Waals surface area contributed by atoms with Crippen LogP contribution in [0.4, 0.5) is 0 Å². The summed E-state index contributed by atoms with van der Waals surface area (Å²) in [5, 5.41) is 0. The number of hydrogen-bond donors (Lipinski definition) is 0. The van der Waals surface area contributed by atoms with Gasteiger partial charge in [-0.15, -0.1) is 0 Å². The van der Waals surface area contributed by atoms with Crippen LogP contribution in [-0.4, -0.2) is 44.0 Å². The van der Waals surface area contributed by atoms with Gasteiger partial charge < -0.3 is 9.80 Å². The fourth-order valence-corrected chi connectivity index (χ4v) is 1.27. The monoisotopic (exact) mass is 140 g/mol. The molecular formula is C8H16N2. The van der Waals surface area contributed by atoms with Crippen molar-refractivity contribution in [2.45, 2.75) is 0 Å². The molecule has 2 heteroatoms. The van der Waals surface area contributed by atoms with Crippen molar-refractivity contribution in [3.63, 3.8) is 0 Å². The normalized spacial score (nSPS) is 20.3. The quantitative estimate of drug-likeness (QED) is 0.555. The number of likely N-dealkylation sites (tertiary alicyclic amines) is 1. The Balaban J connectivity index is 2.31. The summed E-state index contributed by atoms with van der Waals surface area (Å²) in [5.41, 5.74) is 1.26. The fourth-order valence-electron chi connectivity index (χ4n) is 1.27. The maximum atomic E-state index is 4.01. The summed E-state index contributed by atoms with van der Waals surface area (Å²) in [7, 11) is 6.25. The van der Waals surface area contributed by atoms with Crippen LogP contribution in [0.5, 0.6) is 0 Å². The first kappa shape index (κ1) is 7.61. The average molecular weight is 140 g/mol. The van der Waals surface area contributed by atoms with E-state index in [9.17, 15) is 0 Å². The molecule has 58 valence electrons. The summed E-state index contributed by atoms with van der Waals surface area (Å²) in [6.45, 7) is 6.37. The molecule has 1 heterocycles. The Morgan fingerprint density at radius 3 is 2.30 bits per heavy atom. The average Bonchev–Trinajstić information content (AvgIpc) is 1.79. The zero-order chi connectivity index (χ0) is 7.72. The van der Waals surface area contributed by atoms with E-state index >= 15 is 0 Å². The van der Waals surface area contributed by atoms with Crippen molar-refractivity contribution in [1.82, 2.24) is 9.80 Å². The van der Waals surface area contributed by atoms with Gasteiger partial charge in [-0.1, -0.05) is 6.58 Å². The van der Waals surface area contributed by atoms with E-state index in [4.69, 9.17) is 0 Å². The van der Waals surface area contributed by atoms with Crippen LogP contribution in [0.3, 0.4) is 0 Å². The zero-order valence-electron chi connectivity index (χ0n) is 7.09. The molecule has 0 aromatic carbocycles. The number of hydrogen-bond acceptors (Lipinski definition) is 2. The SMILES string of the molecule is C=C(C1CN(C)C1)N(C)C. The van der Waals surface area contributed by atoms with Crippen LogP contribution in [0.25, 0.3) is 0 Å². The molecule has 0 saturated carbocycles. The van der Waals surface area contributed by atoms with E-state index in [1.54, 1.807) is 0 Å². The van der Waals surface area contributed by atoms with Crippen molar-refractivity contribution in [2.75, 3.05) is 34.2 Å². The van der Waals surface area contributed by atoms with Gasteiger partial charge in [-0.2, -0.15) is 0 Å². The van der Waals surface area contributed by atoms with Gasteiger partial charge in [0.1, 0.15) is 0 Å². The van der Waals surface area contributed by atoms with Crippen molar-refractivity contribution < 1.29 is 0 Å². The summed E-state index contributed by atoms with van der Waals surface area (Å²) in [6, 6.07) is 0. The molecular weight excluding hydrogens is 124 g/mol. The summed E-state index contributed by atoms with van der Waals surface area (Å²) in [5.74, 6) is 0.708. The highest BCUT2D eigenvalue weighted by molar-refractivity contribution is 5.04. The molecule has 0 bridgehead atoms. The summed E-state index contributed by atoms with van der Waals surface area (Å²) < 4.78 is 0. The van der Waals surface area contributed by atoms with Gasteiger partial charge in [0, 0.05) is 38.8 Å². The fraction of sp³-hybridized carbons (Fsp3) is 0.750. The molecule has 0 N–H and O–H groups in total. The van der Waals surface area contributed by atoms with Gasteiger partial charge >= 0.3 is 0 Å². The maximum Gasteiger partial charge on any atom is 0.0237 e. The topological polar surface area (TPSA) is 6.48 Å². The van der Waals surface area contributed by atoms with Gasteiger partial charge in [0.2, 0.25) is 0 Å². The highest BCUT2D eigenvalue weighted by Gasteiger charge is 2.26. The van der Waals surface area contributed by atoms with Gasteiger partial charge in [-0.05, 0) is 7.05 Å². The van der Waals surface area contributed by atoms with Gasteiger partial charge in [0.25, 0.3) is 0 Å². The molecule has 1 aliphatic heterocycles. The molecule has 1 saturated heterocycles. The van der Waals surface area contributed by atoms with Crippen LogP contribution in [0.2, 0.25) is 0 Å². The first-order valence-electron chi connectivity index (χ1n) is 3.66. The predicted octanol–water partition coefficient (Wildman–Crippen LogP) is 0.623. The van der Waals surface area contributed by atoms with Crippen molar-refractivity contribution in [2.24, 2.45) is 5.92 Å². The first-order valence-corrected chi connectivity index (χ1v) is 3.66. The highest BCUT2D eigenvalue weighted by atomic mass is 15.2. The lowest BCUT2D eigenvalue weighted by Crippen LogP contribution is -2.46. The molecule has 0 amide bonds. The van der Waals surface area contributed by atoms with Gasteiger partial charge in [-0.25, -0.2) is 0 Å². The minimum absolute atomic E-state index is 0.708. The largest absolute Gasteiger partial charge is 0.381 e. The van der Waals surface area contributed by atoms with Gasteiger partial charge in [0.15, 0.2) is 0 Å². The standard InChI is InChI=1S/C8H16N2/c1-7(9(2)3)8-5-10(4)6-8/h8H,1,5-6H2,2-4H3. The van der Waals surface area contributed by atoms with E-state index in [1.807, 2.05) is 0 Å². The van der Waals surface area contributed by atoms with Crippen LogP contribution >= 0.6 is 0 Å². The lowest BCUT2D eigenvalue weighted by molar-refractivity contribution is 0.141. The molecule has 0 aromatic rings. The molecule has 0 aliphatic carbocycles. The zero-order valence-corrected chi connectivity index (χ0v) is 7.09. The van der Waals surface area contributed by atoms with Crippen molar-refractivity contribution in [3.8, 4) is 0 Å². The number of nitrogens with zero attached hydrogens (tertiary/aromatic N) is 2. The summed E-state index contributed by atoms with van der Waals surface area (Å²) >= 11 is 0. The van der Waals surface area contributed by atoms with Crippen molar-refractivity contribution >= 4 is 0 Å². The molecule has 1 aliphatic rings. The number of rotatable bonds is 2. The van der Waals surface area contributed by atoms with Gasteiger partial charge in [0.05, 0.1) is 0 Å². The van der Waals surface area contributed by atoms with E-state index in [2.05, 4.69) is 37.5 Å². The second-order valence-electron chi connectivity index (χ2n) is 3.30. The van der Waals surface area contributed by atoms with E-state index in [0.717, 1.165) is 0 Å². The Hall–Kier alpha value is -0.500. The van der Waals surface area contributed by atoms with E-state index in [1.165, 1.54) is 18.8 Å². The van der Waals surface area contributed by atoms with Crippen LogP contribution in [-0.2, 0) is 0 Å². The first-order chi connectivity index (χ1) is 4.61. The highest BCUT2D eigenvalue weighted by Crippen LogP contribution is 2.21. The molecule has 0 unspecified atom stereocenters. The maximum absolute atomic E-state index is 4.01. The third kappa shape index (κ3) is 1.32. The van der Waals surface area contributed by atoms with Crippen LogP contribution in [0.1, 0.15) is 0 Å². The van der Waals surface area contributed by atoms with E-state index in [0.29, 0.717) is 5.92 Å². The molecule has 1 fully saturated rings. The molecule has 10 heavy (non-hydrogen) atoms. The molecule has 0 spiro atoms. The Kier molecular flexibility index (Phi) is 2.00. The Bertz CT molecular complexity index is 134. The van der Waals surface area contributed by atoms with Crippen molar-refractivity contribution in [3.05, 3.63) is 12.3 Å². The van der Waals surface area contributed by atoms with Crippen LogP contribution in [0.15, 0.2) is 12.3 Å². The third-order valence-corrected chi connectivity index (χ3v) is 2.11. The third-order valence-electron chi connectivity index (χ3n) is 2.11. The second kappa shape index (κ2) is 2.62. The Labute approximate surface area is 63.1 Å². The second-order valence-corrected chi connectivity index (χ2v) is 3.30. The Morgan fingerprint density at radius 2 is 2.00 bits per heavy atom. The predicted molar refractivity (Wildman–Crippen MR) is 43.8 cm³/mol. The lowest BCUT2D eigenvalue weighted by Gasteiger charge is -2.39. The lowest BCUT2D eigenvalue weighted by atomic mass is 9.97. The minimum atomic E-state index is 0.708. The van der Waals surface area contributed by atoms with E-state index in [-0.39, 0.29) is 0 Å². The molecule has 2 nitrogen and oxygen atoms in total. The molecule has 0 atom stereocenters. The van der Waals surface area contributed by atoms with Crippen LogP contribution in [0, 0.1) is 5.92 Å². The smallest absolute Gasteiger partial charge is 0.0237 e.